The zero-order valence-electron chi connectivity index (χ0n) is 28.5. The number of aromatic nitrogens is 2. The van der Waals surface area contributed by atoms with Crippen LogP contribution in [0.25, 0.3) is 44.3 Å². The van der Waals surface area contributed by atoms with E-state index in [1.54, 1.807) is 15.4 Å². The summed E-state index contributed by atoms with van der Waals surface area (Å²) in [5.41, 5.74) is 9.18. The van der Waals surface area contributed by atoms with E-state index in [9.17, 15) is 14.7 Å². The lowest BCUT2D eigenvalue weighted by Crippen LogP contribution is -2.12. The Labute approximate surface area is 292 Å². The summed E-state index contributed by atoms with van der Waals surface area (Å²) in [7, 11) is 0. The molecule has 8 heteroatoms. The molecule has 0 aliphatic heterocycles. The number of carboxylic acid groups (broad SMARTS) is 1. The van der Waals surface area contributed by atoms with Crippen molar-refractivity contribution < 1.29 is 19.4 Å². The van der Waals surface area contributed by atoms with Crippen LogP contribution in [0.4, 0.5) is 0 Å². The molecule has 0 unspecified atom stereocenters. The van der Waals surface area contributed by atoms with Crippen LogP contribution < -0.4 is 11.7 Å². The largest absolute Gasteiger partial charge is 0.478 e. The number of hydrogen-bond acceptors (Lipinski definition) is 5. The van der Waals surface area contributed by atoms with Gasteiger partial charge in [0, 0.05) is 21.9 Å². The first-order valence-corrected chi connectivity index (χ1v) is 17.7. The third-order valence-corrected chi connectivity index (χ3v) is 10.4. The van der Waals surface area contributed by atoms with E-state index in [-0.39, 0.29) is 5.97 Å². The zero-order valence-corrected chi connectivity index (χ0v) is 28.5. The fourth-order valence-electron chi connectivity index (χ4n) is 8.03. The van der Waals surface area contributed by atoms with Crippen molar-refractivity contribution in [3.63, 3.8) is 0 Å². The summed E-state index contributed by atoms with van der Waals surface area (Å²) in [4.78, 5) is 23.9. The molecule has 0 saturated heterocycles. The van der Waals surface area contributed by atoms with E-state index >= 15 is 0 Å². The van der Waals surface area contributed by atoms with Crippen molar-refractivity contribution in [2.75, 3.05) is 18.3 Å². The first-order valence-electron chi connectivity index (χ1n) is 17.7. The van der Waals surface area contributed by atoms with Gasteiger partial charge in [-0.05, 0) is 92.0 Å². The van der Waals surface area contributed by atoms with Gasteiger partial charge in [-0.3, -0.25) is 9.35 Å². The number of carbonyl (C=O) groups excluding carboxylic acids is 1. The average Bonchev–Trinajstić information content (AvgIpc) is 3.97. The van der Waals surface area contributed by atoms with Gasteiger partial charge in [-0.25, -0.2) is 9.59 Å². The molecule has 50 heavy (non-hydrogen) atoms. The fourth-order valence-corrected chi connectivity index (χ4v) is 8.03. The normalized spacial score (nSPS) is 15.0. The Morgan fingerprint density at radius 2 is 1.08 bits per heavy atom. The maximum absolute atomic E-state index is 12.4. The number of nitrogen functional groups attached to an aromatic ring is 2. The minimum atomic E-state index is -0.887. The zero-order chi connectivity index (χ0) is 34.8. The highest BCUT2D eigenvalue weighted by Gasteiger charge is 2.26. The SMILES string of the molecule is CCOC(=O)c1cc(C2CCCC2)c2c(c1)cc(-c1ccccc1)n2N.Nn1c(-c2ccccc2)cc2cc(C(=O)O)cc(C3CCCC3)c21. The molecule has 2 saturated carbocycles. The van der Waals surface area contributed by atoms with E-state index < -0.39 is 5.97 Å². The number of nitrogens with two attached hydrogens (primary N) is 2. The highest BCUT2D eigenvalue weighted by molar-refractivity contribution is 5.99. The molecule has 0 amide bonds. The van der Waals surface area contributed by atoms with Gasteiger partial charge in [0.2, 0.25) is 0 Å². The lowest BCUT2D eigenvalue weighted by Gasteiger charge is -2.15. The number of hydrogen-bond donors (Lipinski definition) is 3. The predicted octanol–water partition coefficient (Wildman–Crippen LogP) is 9.23. The van der Waals surface area contributed by atoms with Crippen molar-refractivity contribution >= 4 is 33.7 Å². The van der Waals surface area contributed by atoms with Crippen molar-refractivity contribution in [1.29, 1.82) is 0 Å². The Balaban J connectivity index is 0.000000157. The van der Waals surface area contributed by atoms with Crippen molar-refractivity contribution in [2.24, 2.45) is 0 Å². The van der Waals surface area contributed by atoms with Crippen LogP contribution in [-0.4, -0.2) is 33.0 Å². The first kappa shape index (κ1) is 33.0. The summed E-state index contributed by atoms with van der Waals surface area (Å²) < 4.78 is 8.75. The van der Waals surface area contributed by atoms with Gasteiger partial charge in [-0.15, -0.1) is 0 Å². The second kappa shape index (κ2) is 14.2. The van der Waals surface area contributed by atoms with Gasteiger partial charge in [0.05, 0.1) is 40.2 Å². The average molecular weight is 669 g/mol. The van der Waals surface area contributed by atoms with E-state index in [1.807, 2.05) is 79.7 Å². The summed E-state index contributed by atoms with van der Waals surface area (Å²) in [6.07, 6.45) is 9.34. The van der Waals surface area contributed by atoms with Crippen LogP contribution in [0.5, 0.6) is 0 Å². The maximum Gasteiger partial charge on any atom is 0.338 e. The molecule has 2 fully saturated rings. The van der Waals surface area contributed by atoms with Gasteiger partial charge in [0.15, 0.2) is 0 Å². The number of fused-ring (bicyclic) bond motifs is 2. The monoisotopic (exact) mass is 668 g/mol. The second-order valence-corrected chi connectivity index (χ2v) is 13.5. The lowest BCUT2D eigenvalue weighted by molar-refractivity contribution is 0.0526. The topological polar surface area (TPSA) is 125 Å². The molecule has 0 atom stereocenters. The van der Waals surface area contributed by atoms with E-state index in [4.69, 9.17) is 16.4 Å². The number of ether oxygens (including phenoxy) is 1. The van der Waals surface area contributed by atoms with Gasteiger partial charge in [0.25, 0.3) is 0 Å². The van der Waals surface area contributed by atoms with Gasteiger partial charge >= 0.3 is 11.9 Å². The first-order chi connectivity index (χ1) is 24.3. The van der Waals surface area contributed by atoms with Gasteiger partial charge in [-0.2, -0.15) is 0 Å². The molecule has 2 aliphatic carbocycles. The number of rotatable bonds is 7. The summed E-state index contributed by atoms with van der Waals surface area (Å²) >= 11 is 0. The van der Waals surface area contributed by atoms with E-state index in [0.29, 0.717) is 29.6 Å². The van der Waals surface area contributed by atoms with Crippen molar-refractivity contribution in [2.45, 2.75) is 70.1 Å². The standard InChI is InChI=1S/C22H24N2O2.C20H20N2O2/c1-2-26-22(25)18-12-17-14-20(16-10-4-3-5-11-16)24(23)21(17)19(13-18)15-8-6-7-9-15;21-22-18(14-8-2-1-3-9-14)12-15-10-16(20(23)24)11-17(19(15)22)13-6-4-5-7-13/h3-5,10-15H,2,6-9,23H2,1H3;1-3,8-13H,4-7,21H2,(H,23,24). The molecule has 2 aromatic heterocycles. The molecular formula is C42H44N4O4. The van der Waals surface area contributed by atoms with Crippen molar-refractivity contribution in [1.82, 2.24) is 9.35 Å². The molecule has 0 spiro atoms. The molecule has 0 bridgehead atoms. The predicted molar refractivity (Wildman–Crippen MR) is 200 cm³/mol. The molecule has 8 rings (SSSR count). The summed E-state index contributed by atoms with van der Waals surface area (Å²) in [5.74, 6) is 12.7. The Hall–Kier alpha value is -5.50. The van der Waals surface area contributed by atoms with Gasteiger partial charge in [-0.1, -0.05) is 86.3 Å². The lowest BCUT2D eigenvalue weighted by atomic mass is 9.93. The second-order valence-electron chi connectivity index (χ2n) is 13.5. The number of esters is 1. The molecule has 0 radical (unpaired) electrons. The van der Waals surface area contributed by atoms with Crippen molar-refractivity contribution in [3.05, 3.63) is 119 Å². The van der Waals surface area contributed by atoms with Crippen LogP contribution in [0.2, 0.25) is 0 Å². The molecular weight excluding hydrogens is 624 g/mol. The number of nitrogens with zero attached hydrogens (tertiary/aromatic N) is 2. The number of carboxylic acids is 1. The van der Waals surface area contributed by atoms with E-state index in [1.165, 1.54) is 31.2 Å². The molecule has 2 heterocycles. The summed E-state index contributed by atoms with van der Waals surface area (Å²) in [5, 5.41) is 11.4. The molecule has 6 aromatic rings. The Kier molecular flexibility index (Phi) is 9.35. The number of carbonyl (C=O) groups is 2. The summed E-state index contributed by atoms with van der Waals surface area (Å²) in [6, 6.07) is 31.6. The Bertz CT molecular complexity index is 2150. The Morgan fingerprint density at radius 3 is 1.50 bits per heavy atom. The highest BCUT2D eigenvalue weighted by Crippen LogP contribution is 2.41. The van der Waals surface area contributed by atoms with Gasteiger partial charge in [0.1, 0.15) is 0 Å². The van der Waals surface area contributed by atoms with E-state index in [0.717, 1.165) is 75.6 Å². The minimum absolute atomic E-state index is 0.264. The van der Waals surface area contributed by atoms with Crippen LogP contribution in [0.3, 0.4) is 0 Å². The molecule has 256 valence electrons. The van der Waals surface area contributed by atoms with Crippen LogP contribution in [0, 0.1) is 0 Å². The Morgan fingerprint density at radius 1 is 0.660 bits per heavy atom. The number of aromatic carboxylic acids is 1. The van der Waals surface area contributed by atoms with Crippen molar-refractivity contribution in [3.8, 4) is 22.5 Å². The molecule has 8 nitrogen and oxygen atoms in total. The maximum atomic E-state index is 12.4. The molecule has 4 aromatic carbocycles. The summed E-state index contributed by atoms with van der Waals surface area (Å²) in [6.45, 7) is 2.21. The number of benzene rings is 4. The van der Waals surface area contributed by atoms with Crippen LogP contribution in [0.15, 0.2) is 97.1 Å². The smallest absolute Gasteiger partial charge is 0.338 e. The van der Waals surface area contributed by atoms with E-state index in [2.05, 4.69) is 18.2 Å². The minimum Gasteiger partial charge on any atom is -0.478 e. The van der Waals surface area contributed by atoms with Gasteiger partial charge < -0.3 is 21.5 Å². The third kappa shape index (κ3) is 6.33. The third-order valence-electron chi connectivity index (χ3n) is 10.4. The van der Waals surface area contributed by atoms with Crippen LogP contribution in [0.1, 0.15) is 102 Å². The fraction of sp³-hybridized carbons (Fsp3) is 0.286. The van der Waals surface area contributed by atoms with Crippen LogP contribution >= 0.6 is 0 Å². The highest BCUT2D eigenvalue weighted by atomic mass is 16.5. The molecule has 2 aliphatic rings. The quantitative estimate of drug-likeness (QED) is 0.115. The molecule has 5 N–H and O–H groups in total. The van der Waals surface area contributed by atoms with Crippen LogP contribution in [-0.2, 0) is 4.74 Å².